The minimum absolute atomic E-state index is 0.00749. The van der Waals surface area contributed by atoms with Crippen molar-refractivity contribution in [2.75, 3.05) is 13.7 Å². The van der Waals surface area contributed by atoms with Crippen molar-refractivity contribution in [1.29, 1.82) is 0 Å². The maximum Gasteiger partial charge on any atom is 0.274 e. The van der Waals surface area contributed by atoms with Gasteiger partial charge in [0.15, 0.2) is 11.5 Å². The van der Waals surface area contributed by atoms with E-state index in [9.17, 15) is 9.90 Å². The maximum absolute atomic E-state index is 13.0. The number of thiophene rings is 1. The fourth-order valence-electron chi connectivity index (χ4n) is 3.52. The van der Waals surface area contributed by atoms with Gasteiger partial charge in [0, 0.05) is 5.39 Å². The van der Waals surface area contributed by atoms with Crippen molar-refractivity contribution in [1.82, 2.24) is 9.78 Å². The number of ether oxygens (including phenoxy) is 2. The Morgan fingerprint density at radius 3 is 2.69 bits per heavy atom. The summed E-state index contributed by atoms with van der Waals surface area (Å²) in [5, 5.41) is 18.5. The van der Waals surface area contributed by atoms with Gasteiger partial charge < -0.3 is 14.6 Å². The lowest BCUT2D eigenvalue weighted by atomic mass is 10.1. The minimum Gasteiger partial charge on any atom is -0.493 e. The Balaban J connectivity index is 1.56. The number of fused-ring (bicyclic) bond motifs is 1. The SMILES string of the molecule is C=CCc1ccc(OC[C@@H](O)Cn2nc(-c3cccs3)c3ccccc3c2=O)c(OC)c1. The van der Waals surface area contributed by atoms with Crippen molar-refractivity contribution >= 4 is 22.1 Å². The molecule has 0 aliphatic heterocycles. The number of nitrogens with zero attached hydrogens (tertiary/aromatic N) is 2. The fraction of sp³-hybridized carbons (Fsp3) is 0.200. The first-order chi connectivity index (χ1) is 15.6. The number of hydrogen-bond donors (Lipinski definition) is 1. The lowest BCUT2D eigenvalue weighted by Crippen LogP contribution is -2.32. The van der Waals surface area contributed by atoms with E-state index in [1.165, 1.54) is 4.68 Å². The number of allylic oxidation sites excluding steroid dienone is 1. The van der Waals surface area contributed by atoms with Gasteiger partial charge in [0.1, 0.15) is 18.4 Å². The quantitative estimate of drug-likeness (QED) is 0.387. The van der Waals surface area contributed by atoms with Crippen molar-refractivity contribution < 1.29 is 14.6 Å². The van der Waals surface area contributed by atoms with Crippen molar-refractivity contribution in [3.63, 3.8) is 0 Å². The molecule has 0 bridgehead atoms. The molecule has 0 aliphatic rings. The maximum atomic E-state index is 13.0. The van der Waals surface area contributed by atoms with Gasteiger partial charge in [0.2, 0.25) is 0 Å². The molecule has 2 aromatic carbocycles. The molecule has 164 valence electrons. The second kappa shape index (κ2) is 9.80. The Morgan fingerprint density at radius 1 is 1.16 bits per heavy atom. The molecule has 7 heteroatoms. The lowest BCUT2D eigenvalue weighted by Gasteiger charge is -2.16. The predicted octanol–water partition coefficient (Wildman–Crippen LogP) is 4.30. The van der Waals surface area contributed by atoms with Crippen LogP contribution in [0.15, 0.2) is 77.4 Å². The summed E-state index contributed by atoms with van der Waals surface area (Å²) in [6.45, 7) is 3.75. The number of methoxy groups -OCH3 is 1. The first kappa shape index (κ1) is 21.8. The van der Waals surface area contributed by atoms with E-state index in [4.69, 9.17) is 9.47 Å². The zero-order valence-corrected chi connectivity index (χ0v) is 18.5. The molecule has 1 atom stereocenters. The molecule has 0 fully saturated rings. The van der Waals surface area contributed by atoms with E-state index in [-0.39, 0.29) is 18.7 Å². The van der Waals surface area contributed by atoms with Crippen LogP contribution in [-0.4, -0.2) is 34.7 Å². The summed E-state index contributed by atoms with van der Waals surface area (Å²) >= 11 is 1.56. The predicted molar refractivity (Wildman–Crippen MR) is 128 cm³/mol. The van der Waals surface area contributed by atoms with Crippen LogP contribution in [0.5, 0.6) is 11.5 Å². The van der Waals surface area contributed by atoms with Crippen LogP contribution in [-0.2, 0) is 13.0 Å². The Bertz CT molecular complexity index is 1280. The van der Waals surface area contributed by atoms with Gasteiger partial charge in [-0.3, -0.25) is 4.79 Å². The third-order valence-corrected chi connectivity index (χ3v) is 5.92. The summed E-state index contributed by atoms with van der Waals surface area (Å²) in [4.78, 5) is 13.9. The first-order valence-corrected chi connectivity index (χ1v) is 11.1. The van der Waals surface area contributed by atoms with Gasteiger partial charge >= 0.3 is 0 Å². The van der Waals surface area contributed by atoms with Crippen LogP contribution in [0, 0.1) is 0 Å². The number of aliphatic hydroxyl groups is 1. The monoisotopic (exact) mass is 448 g/mol. The summed E-state index contributed by atoms with van der Waals surface area (Å²) in [7, 11) is 1.57. The molecule has 0 radical (unpaired) electrons. The minimum atomic E-state index is -0.935. The van der Waals surface area contributed by atoms with E-state index < -0.39 is 6.10 Å². The Hall–Kier alpha value is -3.42. The van der Waals surface area contributed by atoms with Gasteiger partial charge in [-0.05, 0) is 41.6 Å². The molecule has 0 spiro atoms. The second-order valence-electron chi connectivity index (χ2n) is 7.30. The standard InChI is InChI=1S/C25H24N2O4S/c1-3-7-17-11-12-21(22(14-17)30-2)31-16-18(28)15-27-25(29)20-9-5-4-8-19(20)24(26-27)23-10-6-13-32-23/h3-6,8-14,18,28H,1,7,15-16H2,2H3/t18-/m0/s1. The van der Waals surface area contributed by atoms with Gasteiger partial charge in [-0.25, -0.2) is 4.68 Å². The fourth-order valence-corrected chi connectivity index (χ4v) is 4.24. The van der Waals surface area contributed by atoms with E-state index in [2.05, 4.69) is 11.7 Å². The van der Waals surface area contributed by atoms with Crippen molar-refractivity contribution in [2.45, 2.75) is 19.1 Å². The highest BCUT2D eigenvalue weighted by Crippen LogP contribution is 2.29. The number of rotatable bonds is 9. The van der Waals surface area contributed by atoms with E-state index in [0.29, 0.717) is 16.9 Å². The van der Waals surface area contributed by atoms with E-state index >= 15 is 0 Å². The van der Waals surface area contributed by atoms with Gasteiger partial charge in [0.25, 0.3) is 5.56 Å². The summed E-state index contributed by atoms with van der Waals surface area (Å²) in [6.07, 6.45) is 1.61. The van der Waals surface area contributed by atoms with Crippen LogP contribution in [0.1, 0.15) is 5.56 Å². The van der Waals surface area contributed by atoms with Crippen molar-refractivity contribution in [2.24, 2.45) is 0 Å². The lowest BCUT2D eigenvalue weighted by molar-refractivity contribution is 0.0868. The molecular weight excluding hydrogens is 424 g/mol. The largest absolute Gasteiger partial charge is 0.493 e. The van der Waals surface area contributed by atoms with Crippen LogP contribution in [0.2, 0.25) is 0 Å². The molecule has 6 nitrogen and oxygen atoms in total. The first-order valence-electron chi connectivity index (χ1n) is 10.2. The van der Waals surface area contributed by atoms with Crippen LogP contribution in [0.4, 0.5) is 0 Å². The third kappa shape index (κ3) is 4.59. The second-order valence-corrected chi connectivity index (χ2v) is 8.25. The zero-order valence-electron chi connectivity index (χ0n) is 17.7. The smallest absolute Gasteiger partial charge is 0.274 e. The van der Waals surface area contributed by atoms with E-state index in [0.717, 1.165) is 27.9 Å². The molecule has 0 saturated heterocycles. The molecule has 4 rings (SSSR count). The average molecular weight is 449 g/mol. The highest BCUT2D eigenvalue weighted by atomic mass is 32.1. The van der Waals surface area contributed by atoms with E-state index in [1.807, 2.05) is 53.9 Å². The Morgan fingerprint density at radius 2 is 1.97 bits per heavy atom. The highest BCUT2D eigenvalue weighted by Gasteiger charge is 2.16. The van der Waals surface area contributed by atoms with Gasteiger partial charge in [-0.1, -0.05) is 36.4 Å². The number of benzene rings is 2. The Kier molecular flexibility index (Phi) is 6.68. The molecule has 0 unspecified atom stereocenters. The molecule has 0 amide bonds. The Labute approximate surface area is 190 Å². The summed E-state index contributed by atoms with van der Waals surface area (Å²) in [5.74, 6) is 1.11. The molecule has 4 aromatic rings. The molecule has 32 heavy (non-hydrogen) atoms. The van der Waals surface area contributed by atoms with Crippen LogP contribution in [0.3, 0.4) is 0 Å². The number of hydrogen-bond acceptors (Lipinski definition) is 6. The molecule has 2 heterocycles. The summed E-state index contributed by atoms with van der Waals surface area (Å²) < 4.78 is 12.5. The zero-order chi connectivity index (χ0) is 22.5. The van der Waals surface area contributed by atoms with Crippen LogP contribution in [0.25, 0.3) is 21.3 Å². The van der Waals surface area contributed by atoms with Gasteiger partial charge in [0.05, 0.1) is 23.9 Å². The normalized spacial score (nSPS) is 11.9. The molecular formula is C25H24N2O4S. The average Bonchev–Trinajstić information content (AvgIpc) is 3.35. The summed E-state index contributed by atoms with van der Waals surface area (Å²) in [5.41, 5.74) is 1.53. The topological polar surface area (TPSA) is 73.6 Å². The third-order valence-electron chi connectivity index (χ3n) is 5.05. The van der Waals surface area contributed by atoms with Crippen molar-refractivity contribution in [3.05, 3.63) is 88.5 Å². The van der Waals surface area contributed by atoms with Gasteiger partial charge in [-0.15, -0.1) is 17.9 Å². The molecule has 0 saturated carbocycles. The molecule has 1 N–H and O–H groups in total. The molecule has 2 aromatic heterocycles. The van der Waals surface area contributed by atoms with Crippen LogP contribution < -0.4 is 15.0 Å². The number of aromatic nitrogens is 2. The van der Waals surface area contributed by atoms with E-state index in [1.54, 1.807) is 30.6 Å². The van der Waals surface area contributed by atoms with Crippen molar-refractivity contribution in [3.8, 4) is 22.1 Å². The molecule has 0 aliphatic carbocycles. The van der Waals surface area contributed by atoms with Crippen LogP contribution >= 0.6 is 11.3 Å². The number of aliphatic hydroxyl groups excluding tert-OH is 1. The van der Waals surface area contributed by atoms with Gasteiger partial charge in [-0.2, -0.15) is 5.10 Å². The highest BCUT2D eigenvalue weighted by molar-refractivity contribution is 7.13. The summed E-state index contributed by atoms with van der Waals surface area (Å²) in [6, 6.07) is 16.9.